The quantitative estimate of drug-likeness (QED) is 0.377. The molecule has 1 N–H and O–H groups in total. The van der Waals surface area contributed by atoms with Crippen LogP contribution in [-0.4, -0.2) is 29.6 Å². The molecule has 0 amide bonds. The van der Waals surface area contributed by atoms with Gasteiger partial charge < -0.3 is 14.6 Å². The molecule has 0 aromatic heterocycles. The van der Waals surface area contributed by atoms with Gasteiger partial charge in [-0.2, -0.15) is 13.2 Å². The molecular weight excluding hydrogens is 283 g/mol. The van der Waals surface area contributed by atoms with Crippen molar-refractivity contribution in [2.45, 2.75) is 19.2 Å². The van der Waals surface area contributed by atoms with Crippen LogP contribution < -0.4 is 4.74 Å². The molecule has 112 valence electrons. The lowest BCUT2D eigenvalue weighted by Crippen LogP contribution is -2.19. The standard InChI is InChI=1S/C11H12F3NO5/c1-7(16)9-4-8(15(17)18)2-3-10(9)20-6-19-5-11(12,13)14/h2-4,7,16H,5-6H2,1H3. The first-order valence-electron chi connectivity index (χ1n) is 5.44. The Labute approximate surface area is 111 Å². The number of ether oxygens (including phenoxy) is 2. The van der Waals surface area contributed by atoms with E-state index in [-0.39, 0.29) is 17.0 Å². The second-order valence-corrected chi connectivity index (χ2v) is 3.88. The van der Waals surface area contributed by atoms with Crippen molar-refractivity contribution in [3.8, 4) is 5.75 Å². The van der Waals surface area contributed by atoms with E-state index in [1.54, 1.807) is 0 Å². The van der Waals surface area contributed by atoms with E-state index in [4.69, 9.17) is 4.74 Å². The predicted molar refractivity (Wildman–Crippen MR) is 61.2 cm³/mol. The first-order chi connectivity index (χ1) is 9.20. The summed E-state index contributed by atoms with van der Waals surface area (Å²) in [7, 11) is 0. The van der Waals surface area contributed by atoms with Crippen molar-refractivity contribution >= 4 is 5.69 Å². The lowest BCUT2D eigenvalue weighted by atomic mass is 10.1. The Kier molecular flexibility index (Phi) is 5.28. The molecular formula is C11H12F3NO5. The maximum atomic E-state index is 11.8. The fraction of sp³-hybridized carbons (Fsp3) is 0.455. The van der Waals surface area contributed by atoms with E-state index in [1.165, 1.54) is 13.0 Å². The highest BCUT2D eigenvalue weighted by Crippen LogP contribution is 2.29. The highest BCUT2D eigenvalue weighted by Gasteiger charge is 2.27. The number of alkyl halides is 3. The fourth-order valence-corrected chi connectivity index (χ4v) is 1.37. The average molecular weight is 295 g/mol. The summed E-state index contributed by atoms with van der Waals surface area (Å²) < 4.78 is 44.7. The van der Waals surface area contributed by atoms with Crippen LogP contribution >= 0.6 is 0 Å². The monoisotopic (exact) mass is 295 g/mol. The number of hydrogen-bond acceptors (Lipinski definition) is 5. The van der Waals surface area contributed by atoms with Gasteiger partial charge in [-0.15, -0.1) is 0 Å². The molecule has 0 saturated carbocycles. The van der Waals surface area contributed by atoms with Gasteiger partial charge in [0.05, 0.1) is 11.0 Å². The van der Waals surface area contributed by atoms with Crippen LogP contribution in [0, 0.1) is 10.1 Å². The minimum atomic E-state index is -4.47. The molecule has 6 nitrogen and oxygen atoms in total. The van der Waals surface area contributed by atoms with Gasteiger partial charge in [0, 0.05) is 17.7 Å². The van der Waals surface area contributed by atoms with E-state index < -0.39 is 30.6 Å². The van der Waals surface area contributed by atoms with Crippen molar-refractivity contribution in [3.63, 3.8) is 0 Å². The lowest BCUT2D eigenvalue weighted by Gasteiger charge is -2.14. The van der Waals surface area contributed by atoms with Crippen LogP contribution in [-0.2, 0) is 4.74 Å². The highest BCUT2D eigenvalue weighted by atomic mass is 19.4. The normalized spacial score (nSPS) is 13.1. The Bertz CT molecular complexity index is 476. The number of aliphatic hydroxyl groups is 1. The van der Waals surface area contributed by atoms with Gasteiger partial charge in [0.15, 0.2) is 6.79 Å². The molecule has 0 fully saturated rings. The molecule has 0 aliphatic heterocycles. The van der Waals surface area contributed by atoms with Crippen molar-refractivity contribution in [2.24, 2.45) is 0 Å². The number of nitro benzene ring substituents is 1. The van der Waals surface area contributed by atoms with Crippen molar-refractivity contribution in [1.82, 2.24) is 0 Å². The number of rotatable bonds is 6. The first kappa shape index (κ1) is 16.2. The Morgan fingerprint density at radius 2 is 2.10 bits per heavy atom. The minimum Gasteiger partial charge on any atom is -0.467 e. The van der Waals surface area contributed by atoms with E-state index in [0.717, 1.165) is 12.1 Å². The van der Waals surface area contributed by atoms with Gasteiger partial charge in [-0.05, 0) is 13.0 Å². The number of non-ortho nitro benzene ring substituents is 1. The van der Waals surface area contributed by atoms with Gasteiger partial charge in [-0.25, -0.2) is 0 Å². The van der Waals surface area contributed by atoms with Crippen LogP contribution in [0.5, 0.6) is 5.75 Å². The molecule has 0 radical (unpaired) electrons. The summed E-state index contributed by atoms with van der Waals surface area (Å²) in [5.41, 5.74) is -0.167. The Balaban J connectivity index is 2.72. The van der Waals surface area contributed by atoms with E-state index in [0.29, 0.717) is 0 Å². The molecule has 20 heavy (non-hydrogen) atoms. The van der Waals surface area contributed by atoms with Gasteiger partial charge in [0.2, 0.25) is 0 Å². The number of benzene rings is 1. The SMILES string of the molecule is CC(O)c1cc([N+](=O)[O-])ccc1OCOCC(F)(F)F. The van der Waals surface area contributed by atoms with Crippen LogP contribution in [0.2, 0.25) is 0 Å². The van der Waals surface area contributed by atoms with E-state index >= 15 is 0 Å². The maximum absolute atomic E-state index is 11.8. The zero-order valence-electron chi connectivity index (χ0n) is 10.4. The third-order valence-electron chi connectivity index (χ3n) is 2.22. The molecule has 9 heteroatoms. The lowest BCUT2D eigenvalue weighted by molar-refractivity contribution is -0.385. The van der Waals surface area contributed by atoms with E-state index in [2.05, 4.69) is 4.74 Å². The Morgan fingerprint density at radius 3 is 2.60 bits per heavy atom. The molecule has 0 aliphatic rings. The number of aliphatic hydroxyl groups excluding tert-OH is 1. The van der Waals surface area contributed by atoms with Gasteiger partial charge in [0.1, 0.15) is 12.4 Å². The summed E-state index contributed by atoms with van der Waals surface area (Å²) in [6.45, 7) is -0.802. The van der Waals surface area contributed by atoms with Gasteiger partial charge in [0.25, 0.3) is 5.69 Å². The molecule has 0 aliphatic carbocycles. The van der Waals surface area contributed by atoms with Gasteiger partial charge in [-0.1, -0.05) is 0 Å². The van der Waals surface area contributed by atoms with Crippen molar-refractivity contribution < 1.29 is 32.7 Å². The third kappa shape index (κ3) is 5.02. The molecule has 0 saturated heterocycles. The molecule has 0 heterocycles. The van der Waals surface area contributed by atoms with E-state index in [9.17, 15) is 28.4 Å². The van der Waals surface area contributed by atoms with Crippen LogP contribution in [0.4, 0.5) is 18.9 Å². The smallest absolute Gasteiger partial charge is 0.411 e. The molecule has 1 atom stereocenters. The number of hydrogen-bond donors (Lipinski definition) is 1. The summed E-state index contributed by atoms with van der Waals surface area (Å²) in [4.78, 5) is 9.93. The molecule has 0 bridgehead atoms. The van der Waals surface area contributed by atoms with Gasteiger partial charge >= 0.3 is 6.18 Å². The zero-order chi connectivity index (χ0) is 15.3. The molecule has 1 aromatic carbocycles. The number of nitrogens with zero attached hydrogens (tertiary/aromatic N) is 1. The van der Waals surface area contributed by atoms with Gasteiger partial charge in [-0.3, -0.25) is 10.1 Å². The molecule has 0 spiro atoms. The summed E-state index contributed by atoms with van der Waals surface area (Å²) in [5, 5.41) is 20.1. The third-order valence-corrected chi connectivity index (χ3v) is 2.22. The highest BCUT2D eigenvalue weighted by molar-refractivity contribution is 5.44. The van der Waals surface area contributed by atoms with E-state index in [1.807, 2.05) is 0 Å². The second-order valence-electron chi connectivity index (χ2n) is 3.88. The van der Waals surface area contributed by atoms with Crippen LogP contribution in [0.3, 0.4) is 0 Å². The summed E-state index contributed by atoms with van der Waals surface area (Å²) in [6.07, 6.45) is -5.54. The topological polar surface area (TPSA) is 81.8 Å². The number of halogens is 3. The van der Waals surface area contributed by atoms with Crippen molar-refractivity contribution in [3.05, 3.63) is 33.9 Å². The predicted octanol–water partition coefficient (Wildman–Crippen LogP) is 2.56. The summed E-state index contributed by atoms with van der Waals surface area (Å²) in [6, 6.07) is 3.39. The molecule has 1 rings (SSSR count). The minimum absolute atomic E-state index is 0.0211. The molecule has 1 unspecified atom stereocenters. The Hall–Kier alpha value is -1.87. The number of nitro groups is 1. The fourth-order valence-electron chi connectivity index (χ4n) is 1.37. The van der Waals surface area contributed by atoms with Crippen molar-refractivity contribution in [1.29, 1.82) is 0 Å². The zero-order valence-corrected chi connectivity index (χ0v) is 10.4. The van der Waals surface area contributed by atoms with Crippen LogP contribution in [0.1, 0.15) is 18.6 Å². The summed E-state index contributed by atoms with van der Waals surface area (Å²) >= 11 is 0. The second kappa shape index (κ2) is 6.53. The molecule has 1 aromatic rings. The average Bonchev–Trinajstić information content (AvgIpc) is 2.33. The summed E-state index contributed by atoms with van der Waals surface area (Å²) in [5.74, 6) is 0.0211. The van der Waals surface area contributed by atoms with Crippen molar-refractivity contribution in [2.75, 3.05) is 13.4 Å². The largest absolute Gasteiger partial charge is 0.467 e. The first-order valence-corrected chi connectivity index (χ1v) is 5.44. The van der Waals surface area contributed by atoms with Crippen LogP contribution in [0.25, 0.3) is 0 Å². The Morgan fingerprint density at radius 1 is 1.45 bits per heavy atom. The van der Waals surface area contributed by atoms with Crippen LogP contribution in [0.15, 0.2) is 18.2 Å². The maximum Gasteiger partial charge on any atom is 0.411 e.